The van der Waals surface area contributed by atoms with Crippen LogP contribution in [0.3, 0.4) is 0 Å². The standard InChI is InChI=1S/C54H33N2O3P/c57-60(36-12-2-1-3-13-36,37-24-26-49-43(32-37)39-14-4-8-18-47(39)55(49)34-22-28-53-45(30-34)41-16-6-10-20-51(41)58-53)38-25-27-50-44(33-38)40-15-5-9-19-48(40)56(50)35-23-29-54-46(31-35)42-17-7-11-21-52(42)59-54/h1-33H. The Kier molecular flexibility index (Phi) is 6.93. The van der Waals surface area contributed by atoms with Crippen LogP contribution in [0.4, 0.5) is 0 Å². The van der Waals surface area contributed by atoms with E-state index < -0.39 is 7.14 Å². The molecule has 0 saturated heterocycles. The monoisotopic (exact) mass is 788 g/mol. The molecule has 4 aromatic heterocycles. The van der Waals surface area contributed by atoms with Crippen LogP contribution in [0.5, 0.6) is 0 Å². The Morgan fingerprint density at radius 1 is 0.300 bits per heavy atom. The number of hydrogen-bond donors (Lipinski definition) is 0. The quantitative estimate of drug-likeness (QED) is 0.163. The lowest BCUT2D eigenvalue weighted by atomic mass is 10.1. The van der Waals surface area contributed by atoms with Crippen molar-refractivity contribution in [2.24, 2.45) is 0 Å². The van der Waals surface area contributed by atoms with E-state index in [4.69, 9.17) is 8.83 Å². The van der Waals surface area contributed by atoms with Crippen LogP contribution in [-0.2, 0) is 4.57 Å². The van der Waals surface area contributed by atoms with Crippen LogP contribution in [0.25, 0.3) is 98.9 Å². The highest BCUT2D eigenvalue weighted by molar-refractivity contribution is 7.85. The fourth-order valence-corrected chi connectivity index (χ4v) is 12.3. The van der Waals surface area contributed by atoms with E-state index in [1.165, 1.54) is 0 Å². The first-order chi connectivity index (χ1) is 29.6. The third kappa shape index (κ3) is 4.67. The zero-order valence-electron chi connectivity index (χ0n) is 32.1. The van der Waals surface area contributed by atoms with Gasteiger partial charge >= 0.3 is 0 Å². The lowest BCUT2D eigenvalue weighted by Crippen LogP contribution is -2.25. The topological polar surface area (TPSA) is 53.2 Å². The van der Waals surface area contributed by atoms with Crippen molar-refractivity contribution in [3.8, 4) is 11.4 Å². The molecule has 6 heteroatoms. The van der Waals surface area contributed by atoms with E-state index in [0.717, 1.165) is 115 Å². The molecular weight excluding hydrogens is 756 g/mol. The second kappa shape index (κ2) is 12.5. The summed E-state index contributed by atoms with van der Waals surface area (Å²) in [5.74, 6) is 0. The Bertz CT molecular complexity index is 3710. The average molecular weight is 789 g/mol. The van der Waals surface area contributed by atoms with Gasteiger partial charge in [0.1, 0.15) is 22.3 Å². The predicted molar refractivity (Wildman–Crippen MR) is 249 cm³/mol. The number of fused-ring (bicyclic) bond motifs is 12. The van der Waals surface area contributed by atoms with Gasteiger partial charge in [-0.25, -0.2) is 0 Å². The highest BCUT2D eigenvalue weighted by Crippen LogP contribution is 2.46. The number of rotatable bonds is 5. The summed E-state index contributed by atoms with van der Waals surface area (Å²) in [5.41, 5.74) is 9.83. The molecule has 0 fully saturated rings. The third-order valence-electron chi connectivity index (χ3n) is 12.4. The van der Waals surface area contributed by atoms with Gasteiger partial charge in [-0.3, -0.25) is 0 Å². The molecule has 60 heavy (non-hydrogen) atoms. The summed E-state index contributed by atoms with van der Waals surface area (Å²) in [6, 6.07) is 69.0. The second-order valence-corrected chi connectivity index (χ2v) is 18.4. The largest absolute Gasteiger partial charge is 0.456 e. The number of hydrogen-bond acceptors (Lipinski definition) is 3. The van der Waals surface area contributed by atoms with E-state index in [9.17, 15) is 0 Å². The van der Waals surface area contributed by atoms with Gasteiger partial charge in [0.25, 0.3) is 0 Å². The Morgan fingerprint density at radius 3 is 1.20 bits per heavy atom. The highest BCUT2D eigenvalue weighted by atomic mass is 31.2. The molecule has 4 heterocycles. The van der Waals surface area contributed by atoms with Gasteiger partial charge in [-0.15, -0.1) is 0 Å². The molecule has 9 aromatic carbocycles. The Morgan fingerprint density at radius 2 is 0.700 bits per heavy atom. The van der Waals surface area contributed by atoms with E-state index in [1.807, 2.05) is 54.6 Å². The van der Waals surface area contributed by atoms with Crippen molar-refractivity contribution in [2.45, 2.75) is 0 Å². The molecule has 0 N–H and O–H groups in total. The van der Waals surface area contributed by atoms with Crippen molar-refractivity contribution < 1.29 is 13.4 Å². The summed E-state index contributed by atoms with van der Waals surface area (Å²) in [7, 11) is -3.41. The van der Waals surface area contributed by atoms with Crippen LogP contribution in [0.1, 0.15) is 0 Å². The van der Waals surface area contributed by atoms with Crippen molar-refractivity contribution in [3.63, 3.8) is 0 Å². The molecule has 0 atom stereocenters. The molecule has 13 rings (SSSR count). The second-order valence-electron chi connectivity index (χ2n) is 15.6. The first-order valence-electron chi connectivity index (χ1n) is 20.2. The van der Waals surface area contributed by atoms with Gasteiger partial charge < -0.3 is 22.5 Å². The fraction of sp³-hybridized carbons (Fsp3) is 0. The third-order valence-corrected chi connectivity index (χ3v) is 15.4. The normalized spacial score (nSPS) is 12.4. The number of para-hydroxylation sites is 4. The SMILES string of the molecule is O=P(c1ccccc1)(c1ccc2c(c1)c1ccccc1n2-c1ccc2oc3ccccc3c2c1)c1ccc2c(c1)c1ccccc1n2-c1ccc2oc3ccccc3c2c1. The van der Waals surface area contributed by atoms with Crippen LogP contribution in [-0.4, -0.2) is 9.13 Å². The maximum atomic E-state index is 16.4. The lowest BCUT2D eigenvalue weighted by molar-refractivity contribution is 0.592. The maximum absolute atomic E-state index is 16.4. The number of nitrogens with zero attached hydrogens (tertiary/aromatic N) is 2. The Labute approximate surface area is 343 Å². The summed E-state index contributed by atoms with van der Waals surface area (Å²) in [6.45, 7) is 0. The summed E-state index contributed by atoms with van der Waals surface area (Å²) in [4.78, 5) is 0. The van der Waals surface area contributed by atoms with Crippen molar-refractivity contribution in [2.75, 3.05) is 0 Å². The minimum atomic E-state index is -3.41. The minimum Gasteiger partial charge on any atom is -0.456 e. The molecule has 0 amide bonds. The highest BCUT2D eigenvalue weighted by Gasteiger charge is 2.32. The van der Waals surface area contributed by atoms with E-state index in [2.05, 4.69) is 155 Å². The van der Waals surface area contributed by atoms with Crippen molar-refractivity contribution >= 4 is 111 Å². The molecule has 0 radical (unpaired) electrons. The molecule has 282 valence electrons. The number of furan rings is 2. The number of benzene rings is 9. The zero-order chi connectivity index (χ0) is 39.5. The summed E-state index contributed by atoms with van der Waals surface area (Å²) in [6.07, 6.45) is 0. The van der Waals surface area contributed by atoms with Gasteiger partial charge in [-0.05, 0) is 97.1 Å². The van der Waals surface area contributed by atoms with E-state index in [0.29, 0.717) is 0 Å². The molecule has 0 bridgehead atoms. The average Bonchev–Trinajstić information content (AvgIpc) is 4.06. The predicted octanol–water partition coefficient (Wildman–Crippen LogP) is 13.3. The van der Waals surface area contributed by atoms with Gasteiger partial charge in [0.15, 0.2) is 7.14 Å². The van der Waals surface area contributed by atoms with E-state index in [-0.39, 0.29) is 0 Å². The van der Waals surface area contributed by atoms with Crippen LogP contribution < -0.4 is 15.9 Å². The van der Waals surface area contributed by atoms with Crippen LogP contribution in [0.15, 0.2) is 209 Å². The van der Waals surface area contributed by atoms with Gasteiger partial charge in [0.2, 0.25) is 0 Å². The Hall–Kier alpha value is -7.59. The van der Waals surface area contributed by atoms with Gasteiger partial charge in [-0.1, -0.05) is 103 Å². The minimum absolute atomic E-state index is 0.792. The fourth-order valence-electron chi connectivity index (χ4n) is 9.66. The van der Waals surface area contributed by atoms with Crippen molar-refractivity contribution in [3.05, 3.63) is 200 Å². The van der Waals surface area contributed by atoms with E-state index >= 15 is 4.57 Å². The zero-order valence-corrected chi connectivity index (χ0v) is 33.0. The van der Waals surface area contributed by atoms with Crippen LogP contribution in [0, 0.1) is 0 Å². The lowest BCUT2D eigenvalue weighted by Gasteiger charge is -2.21. The van der Waals surface area contributed by atoms with Crippen molar-refractivity contribution in [1.82, 2.24) is 9.13 Å². The molecule has 0 aliphatic heterocycles. The van der Waals surface area contributed by atoms with Crippen LogP contribution >= 0.6 is 7.14 Å². The molecule has 5 nitrogen and oxygen atoms in total. The molecule has 0 unspecified atom stereocenters. The first-order valence-corrected chi connectivity index (χ1v) is 21.9. The number of aromatic nitrogens is 2. The van der Waals surface area contributed by atoms with Crippen LogP contribution in [0.2, 0.25) is 0 Å². The molecule has 0 aliphatic rings. The molecule has 0 aliphatic carbocycles. The van der Waals surface area contributed by atoms with E-state index in [1.54, 1.807) is 0 Å². The smallest absolute Gasteiger partial charge is 0.171 e. The van der Waals surface area contributed by atoms with Gasteiger partial charge in [0, 0.05) is 70.4 Å². The van der Waals surface area contributed by atoms with Crippen molar-refractivity contribution in [1.29, 1.82) is 0 Å². The Balaban J connectivity index is 1.02. The molecule has 13 aromatic rings. The molecular formula is C54H33N2O3P. The molecule has 0 spiro atoms. The summed E-state index contributed by atoms with van der Waals surface area (Å²) in [5, 5.41) is 11.0. The maximum Gasteiger partial charge on any atom is 0.171 e. The first kappa shape index (κ1) is 33.4. The van der Waals surface area contributed by atoms with Gasteiger partial charge in [-0.2, -0.15) is 0 Å². The van der Waals surface area contributed by atoms with Gasteiger partial charge in [0.05, 0.1) is 22.1 Å². The molecule has 0 saturated carbocycles. The summed E-state index contributed by atoms with van der Waals surface area (Å²) < 4.78 is 33.4. The summed E-state index contributed by atoms with van der Waals surface area (Å²) >= 11 is 0.